The van der Waals surface area contributed by atoms with E-state index in [-0.39, 0.29) is 24.2 Å². The number of nitrogens with zero attached hydrogens (tertiary/aromatic N) is 3. The van der Waals surface area contributed by atoms with E-state index in [4.69, 9.17) is 0 Å². The lowest BCUT2D eigenvalue weighted by Gasteiger charge is -2.20. The third-order valence-electron chi connectivity index (χ3n) is 5.29. The van der Waals surface area contributed by atoms with Crippen molar-refractivity contribution in [3.63, 3.8) is 0 Å². The fourth-order valence-corrected chi connectivity index (χ4v) is 4.41. The van der Waals surface area contributed by atoms with Gasteiger partial charge in [-0.05, 0) is 42.5 Å². The summed E-state index contributed by atoms with van der Waals surface area (Å²) in [7, 11) is 0. The molecule has 2 amide bonds. The van der Waals surface area contributed by atoms with Gasteiger partial charge in [0.15, 0.2) is 5.82 Å². The molecule has 9 heteroatoms. The molecular weight excluding hydrogens is 417 g/mol. The minimum absolute atomic E-state index is 0.00808. The van der Waals surface area contributed by atoms with Crippen LogP contribution in [0.3, 0.4) is 0 Å². The molecule has 2 heterocycles. The second-order valence-corrected chi connectivity index (χ2v) is 8.46. The Kier molecular flexibility index (Phi) is 6.71. The molecule has 4 rings (SSSR count). The van der Waals surface area contributed by atoms with Crippen molar-refractivity contribution < 1.29 is 14.0 Å². The van der Waals surface area contributed by atoms with Gasteiger partial charge in [0.05, 0.1) is 10.6 Å². The molecule has 31 heavy (non-hydrogen) atoms. The second-order valence-electron chi connectivity index (χ2n) is 7.51. The van der Waals surface area contributed by atoms with E-state index >= 15 is 0 Å². The Morgan fingerprint density at radius 3 is 2.65 bits per heavy atom. The van der Waals surface area contributed by atoms with Crippen molar-refractivity contribution in [2.45, 2.75) is 32.1 Å². The first-order valence-corrected chi connectivity index (χ1v) is 11.3. The zero-order chi connectivity index (χ0) is 21.6. The molecule has 0 unspecified atom stereocenters. The van der Waals surface area contributed by atoms with E-state index in [2.05, 4.69) is 20.7 Å². The van der Waals surface area contributed by atoms with Crippen LogP contribution in [0.15, 0.2) is 41.8 Å². The Balaban J connectivity index is 1.41. The van der Waals surface area contributed by atoms with Crippen molar-refractivity contribution in [2.24, 2.45) is 5.92 Å². The van der Waals surface area contributed by atoms with Crippen molar-refractivity contribution in [1.82, 2.24) is 25.4 Å². The van der Waals surface area contributed by atoms with E-state index in [1.54, 1.807) is 12.1 Å². The van der Waals surface area contributed by atoms with E-state index in [0.29, 0.717) is 18.1 Å². The van der Waals surface area contributed by atoms with Gasteiger partial charge in [0, 0.05) is 19.0 Å². The number of benzene rings is 1. The van der Waals surface area contributed by atoms with Crippen LogP contribution < -0.4 is 10.6 Å². The van der Waals surface area contributed by atoms with Gasteiger partial charge in [-0.2, -0.15) is 0 Å². The predicted octanol–water partition coefficient (Wildman–Crippen LogP) is 3.56. The fraction of sp³-hybridized carbons (Fsp3) is 0.364. The minimum atomic E-state index is -0.445. The summed E-state index contributed by atoms with van der Waals surface area (Å²) in [5.41, 5.74) is 0.481. The SMILES string of the molecule is O=C(NCCNC(=O)C1CCCCC1)c1nc(-c2cccs2)n(-c2cccc(F)c2)n1. The Morgan fingerprint density at radius 2 is 1.90 bits per heavy atom. The second kappa shape index (κ2) is 9.82. The zero-order valence-electron chi connectivity index (χ0n) is 17.0. The quantitative estimate of drug-likeness (QED) is 0.549. The largest absolute Gasteiger partial charge is 0.354 e. The number of hydrogen-bond donors (Lipinski definition) is 2. The smallest absolute Gasteiger partial charge is 0.291 e. The van der Waals surface area contributed by atoms with Crippen LogP contribution in [0, 0.1) is 11.7 Å². The highest BCUT2D eigenvalue weighted by Crippen LogP contribution is 2.26. The first kappa shape index (κ1) is 21.2. The molecular formula is C22H24FN5O2S. The monoisotopic (exact) mass is 441 g/mol. The third-order valence-corrected chi connectivity index (χ3v) is 6.16. The van der Waals surface area contributed by atoms with Crippen LogP contribution >= 0.6 is 11.3 Å². The van der Waals surface area contributed by atoms with Gasteiger partial charge < -0.3 is 10.6 Å². The predicted molar refractivity (Wildman–Crippen MR) is 117 cm³/mol. The molecule has 0 spiro atoms. The van der Waals surface area contributed by atoms with E-state index in [9.17, 15) is 14.0 Å². The Morgan fingerprint density at radius 1 is 1.10 bits per heavy atom. The third kappa shape index (κ3) is 5.16. The fourth-order valence-electron chi connectivity index (χ4n) is 3.71. The summed E-state index contributed by atoms with van der Waals surface area (Å²) in [4.78, 5) is 30.0. The molecule has 2 aromatic heterocycles. The first-order valence-electron chi connectivity index (χ1n) is 10.4. The average molecular weight is 442 g/mol. The first-order chi connectivity index (χ1) is 15.1. The number of aromatic nitrogens is 3. The molecule has 0 bridgehead atoms. The van der Waals surface area contributed by atoms with Crippen LogP contribution in [0.5, 0.6) is 0 Å². The van der Waals surface area contributed by atoms with Gasteiger partial charge in [-0.1, -0.05) is 31.4 Å². The molecule has 0 aliphatic heterocycles. The molecule has 3 aromatic rings. The maximum absolute atomic E-state index is 13.7. The lowest BCUT2D eigenvalue weighted by atomic mass is 9.89. The van der Waals surface area contributed by atoms with Gasteiger partial charge in [-0.25, -0.2) is 14.1 Å². The van der Waals surface area contributed by atoms with E-state index in [1.165, 1.54) is 34.6 Å². The Bertz CT molecular complexity index is 1040. The molecule has 162 valence electrons. The van der Waals surface area contributed by atoms with Crippen LogP contribution in [0.1, 0.15) is 42.7 Å². The molecule has 0 radical (unpaired) electrons. The van der Waals surface area contributed by atoms with Gasteiger partial charge in [-0.3, -0.25) is 9.59 Å². The minimum Gasteiger partial charge on any atom is -0.354 e. The zero-order valence-corrected chi connectivity index (χ0v) is 17.8. The number of amides is 2. The van der Waals surface area contributed by atoms with Crippen LogP contribution in [-0.2, 0) is 4.79 Å². The highest BCUT2D eigenvalue weighted by Gasteiger charge is 2.21. The number of thiophene rings is 1. The summed E-state index contributed by atoms with van der Waals surface area (Å²) in [5, 5.41) is 11.8. The summed E-state index contributed by atoms with van der Waals surface area (Å²) in [6, 6.07) is 9.72. The van der Waals surface area contributed by atoms with E-state index < -0.39 is 11.7 Å². The highest BCUT2D eigenvalue weighted by molar-refractivity contribution is 7.13. The molecule has 1 fully saturated rings. The molecule has 0 saturated heterocycles. The number of halogens is 1. The maximum atomic E-state index is 13.7. The van der Waals surface area contributed by atoms with Crippen LogP contribution in [0.4, 0.5) is 4.39 Å². The van der Waals surface area contributed by atoms with Gasteiger partial charge in [0.2, 0.25) is 11.7 Å². The lowest BCUT2D eigenvalue weighted by Crippen LogP contribution is -2.38. The van der Waals surface area contributed by atoms with Crippen LogP contribution in [0.25, 0.3) is 16.4 Å². The maximum Gasteiger partial charge on any atom is 0.291 e. The van der Waals surface area contributed by atoms with E-state index in [1.807, 2.05) is 17.5 Å². The summed E-state index contributed by atoms with van der Waals surface area (Å²) in [5.74, 6) is -0.240. The van der Waals surface area contributed by atoms with Crippen LogP contribution in [0.2, 0.25) is 0 Å². The summed E-state index contributed by atoms with van der Waals surface area (Å²) in [6.45, 7) is 0.629. The number of carbonyl (C=O) groups excluding carboxylic acids is 2. The standard InChI is InChI=1S/C22H24FN5O2S/c23-16-8-4-9-17(14-16)28-20(18-10-5-13-31-18)26-19(27-28)22(30)25-12-11-24-21(29)15-6-2-1-3-7-15/h4-5,8-10,13-15H,1-3,6-7,11-12H2,(H,24,29)(H,25,30). The van der Waals surface area contributed by atoms with Crippen LogP contribution in [-0.4, -0.2) is 39.7 Å². The van der Waals surface area contributed by atoms with Crippen molar-refractivity contribution in [3.8, 4) is 16.4 Å². The number of nitrogens with one attached hydrogen (secondary N) is 2. The van der Waals surface area contributed by atoms with E-state index in [0.717, 1.165) is 30.6 Å². The molecule has 1 aliphatic carbocycles. The topological polar surface area (TPSA) is 88.9 Å². The molecule has 1 saturated carbocycles. The Hall–Kier alpha value is -3.07. The Labute approximate surface area is 183 Å². The summed E-state index contributed by atoms with van der Waals surface area (Å²) < 4.78 is 15.2. The van der Waals surface area contributed by atoms with Crippen molar-refractivity contribution in [2.75, 3.05) is 13.1 Å². The molecule has 1 aromatic carbocycles. The summed E-state index contributed by atoms with van der Waals surface area (Å²) in [6.07, 6.45) is 5.26. The van der Waals surface area contributed by atoms with Crippen molar-refractivity contribution >= 4 is 23.2 Å². The summed E-state index contributed by atoms with van der Waals surface area (Å²) >= 11 is 1.46. The number of hydrogen-bond acceptors (Lipinski definition) is 5. The molecule has 0 atom stereocenters. The van der Waals surface area contributed by atoms with Gasteiger partial charge in [-0.15, -0.1) is 16.4 Å². The molecule has 7 nitrogen and oxygen atoms in total. The van der Waals surface area contributed by atoms with Crippen molar-refractivity contribution in [3.05, 3.63) is 53.4 Å². The molecule has 1 aliphatic rings. The normalized spacial score (nSPS) is 14.4. The molecule has 2 N–H and O–H groups in total. The van der Waals surface area contributed by atoms with Gasteiger partial charge in [0.25, 0.3) is 5.91 Å². The van der Waals surface area contributed by atoms with Gasteiger partial charge >= 0.3 is 0 Å². The average Bonchev–Trinajstić information content (AvgIpc) is 3.47. The van der Waals surface area contributed by atoms with Gasteiger partial charge in [0.1, 0.15) is 5.82 Å². The lowest BCUT2D eigenvalue weighted by molar-refractivity contribution is -0.125. The number of rotatable bonds is 7. The highest BCUT2D eigenvalue weighted by atomic mass is 32.1. The number of carbonyl (C=O) groups is 2. The van der Waals surface area contributed by atoms with Crippen molar-refractivity contribution in [1.29, 1.82) is 0 Å².